The molecule has 2 aliphatic carbocycles. The molecule has 0 radical (unpaired) electrons. The van der Waals surface area contributed by atoms with Crippen LogP contribution in [0.4, 0.5) is 11.4 Å². The van der Waals surface area contributed by atoms with Crippen LogP contribution in [0.15, 0.2) is 23.3 Å². The van der Waals surface area contributed by atoms with Gasteiger partial charge in [0.1, 0.15) is 11.9 Å². The van der Waals surface area contributed by atoms with Crippen LogP contribution >= 0.6 is 0 Å². The van der Waals surface area contributed by atoms with Gasteiger partial charge in [0.2, 0.25) is 5.91 Å². The van der Waals surface area contributed by atoms with Gasteiger partial charge >= 0.3 is 0 Å². The minimum Gasteiger partial charge on any atom is -0.398 e. The summed E-state index contributed by atoms with van der Waals surface area (Å²) >= 11 is 0. The van der Waals surface area contributed by atoms with E-state index in [-0.39, 0.29) is 12.0 Å². The van der Waals surface area contributed by atoms with Crippen LogP contribution in [0.5, 0.6) is 0 Å². The summed E-state index contributed by atoms with van der Waals surface area (Å²) in [5.41, 5.74) is 8.11. The average Bonchev–Trinajstić information content (AvgIpc) is 3.34. The summed E-state index contributed by atoms with van der Waals surface area (Å²) in [7, 11) is 0. The Morgan fingerprint density at radius 1 is 1.12 bits per heavy atom. The van der Waals surface area contributed by atoms with Crippen molar-refractivity contribution in [1.29, 1.82) is 5.26 Å². The Bertz CT molecular complexity index is 1020. The summed E-state index contributed by atoms with van der Waals surface area (Å²) in [6, 6.07) is 8.13. The Morgan fingerprint density at radius 3 is 2.47 bits per heavy atom. The van der Waals surface area contributed by atoms with Crippen molar-refractivity contribution in [2.24, 2.45) is 28.8 Å². The number of anilines is 2. The molecule has 34 heavy (non-hydrogen) atoms. The molecule has 3 heterocycles. The maximum atomic E-state index is 13.0. The van der Waals surface area contributed by atoms with Gasteiger partial charge in [-0.05, 0) is 61.6 Å². The molecule has 4 fully saturated rings. The molecule has 3 N–H and O–H groups in total. The number of aliphatic hydroxyl groups excluding tert-OH is 1. The highest BCUT2D eigenvalue weighted by Gasteiger charge is 2.61. The topological polar surface area (TPSA) is 109 Å². The first-order valence-corrected chi connectivity index (χ1v) is 12.9. The molecule has 2 saturated carbocycles. The number of nitrogens with zero attached hydrogens (tertiary/aromatic N) is 5. The zero-order valence-corrected chi connectivity index (χ0v) is 19.6. The van der Waals surface area contributed by atoms with Gasteiger partial charge in [-0.25, -0.2) is 0 Å². The number of nitrogen functional groups attached to an aromatic ring is 1. The highest BCUT2D eigenvalue weighted by Crippen LogP contribution is 2.53. The number of likely N-dealkylation sites (tertiary alicyclic amines) is 2. The second kappa shape index (κ2) is 8.46. The van der Waals surface area contributed by atoms with E-state index in [1.807, 2.05) is 17.0 Å². The number of benzene rings is 1. The van der Waals surface area contributed by atoms with E-state index in [1.165, 1.54) is 25.7 Å². The van der Waals surface area contributed by atoms with Crippen molar-refractivity contribution >= 4 is 23.1 Å². The molecule has 0 bridgehead atoms. The molecule has 0 aromatic heterocycles. The molecule has 8 nitrogen and oxygen atoms in total. The lowest BCUT2D eigenvalue weighted by Crippen LogP contribution is -2.42. The number of fused-ring (bicyclic) bond motifs is 1. The third-order valence-electron chi connectivity index (χ3n) is 8.91. The number of nitriles is 1. The summed E-state index contributed by atoms with van der Waals surface area (Å²) in [6.45, 7) is 3.21. The summed E-state index contributed by atoms with van der Waals surface area (Å²) in [5.74, 6) is 3.10. The van der Waals surface area contributed by atoms with Gasteiger partial charge in [-0.2, -0.15) is 10.4 Å². The number of hydrogen-bond acceptors (Lipinski definition) is 7. The van der Waals surface area contributed by atoms with Crippen LogP contribution in [0, 0.1) is 35.0 Å². The van der Waals surface area contributed by atoms with Crippen LogP contribution in [-0.2, 0) is 4.79 Å². The summed E-state index contributed by atoms with van der Waals surface area (Å²) in [4.78, 5) is 17.4. The van der Waals surface area contributed by atoms with Crippen molar-refractivity contribution in [3.63, 3.8) is 0 Å². The number of amides is 1. The highest BCUT2D eigenvalue weighted by atomic mass is 16.3. The number of carbonyl (C=O) groups excluding carboxylic acids is 1. The van der Waals surface area contributed by atoms with Crippen molar-refractivity contribution in [3.8, 4) is 6.07 Å². The predicted octanol–water partition coefficient (Wildman–Crippen LogP) is 2.38. The number of piperidine rings is 2. The molecular weight excluding hydrogens is 428 g/mol. The summed E-state index contributed by atoms with van der Waals surface area (Å²) in [6.07, 6.45) is 7.14. The molecule has 8 heteroatoms. The third-order valence-corrected chi connectivity index (χ3v) is 8.91. The van der Waals surface area contributed by atoms with Gasteiger partial charge in [0.25, 0.3) is 0 Å². The lowest BCUT2D eigenvalue weighted by Gasteiger charge is -2.31. The summed E-state index contributed by atoms with van der Waals surface area (Å²) in [5, 5.41) is 26.3. The van der Waals surface area contributed by atoms with E-state index in [9.17, 15) is 15.2 Å². The van der Waals surface area contributed by atoms with Gasteiger partial charge in [0.15, 0.2) is 0 Å². The largest absolute Gasteiger partial charge is 0.398 e. The lowest BCUT2D eigenvalue weighted by atomic mass is 9.94. The smallest absolute Gasteiger partial charge is 0.226 e. The number of carbonyl (C=O) groups is 1. The number of hydrogen-bond donors (Lipinski definition) is 2. The number of nitrogens with two attached hydrogens (primary N) is 1. The fourth-order valence-corrected chi connectivity index (χ4v) is 6.86. The maximum Gasteiger partial charge on any atom is 0.226 e. The predicted molar refractivity (Wildman–Crippen MR) is 130 cm³/mol. The second-order valence-corrected chi connectivity index (χ2v) is 10.9. The molecule has 180 valence electrons. The van der Waals surface area contributed by atoms with Crippen LogP contribution in [0.3, 0.4) is 0 Å². The van der Waals surface area contributed by atoms with Crippen LogP contribution in [0.2, 0.25) is 0 Å². The van der Waals surface area contributed by atoms with Crippen LogP contribution < -0.4 is 10.7 Å². The first-order chi connectivity index (χ1) is 16.5. The van der Waals surface area contributed by atoms with Gasteiger partial charge in [0.05, 0.1) is 29.1 Å². The van der Waals surface area contributed by atoms with Crippen molar-refractivity contribution in [2.75, 3.05) is 36.9 Å². The number of amidine groups is 1. The quantitative estimate of drug-likeness (QED) is 0.668. The Kier molecular flexibility index (Phi) is 5.40. The first kappa shape index (κ1) is 21.7. The van der Waals surface area contributed by atoms with Crippen LogP contribution in [-0.4, -0.2) is 65.0 Å². The lowest BCUT2D eigenvalue weighted by molar-refractivity contribution is -0.135. The van der Waals surface area contributed by atoms with E-state index in [1.54, 1.807) is 6.07 Å². The SMILES string of the molecule is N#Cc1ccc(N2N=C(N3C[C@@H]4C(C(=O)N5CCC(O)CC5)[C@@H]4C3)CC2C2CCCC2)cc1N. The molecular formula is C26H34N6O2. The highest BCUT2D eigenvalue weighted by molar-refractivity contribution is 5.89. The van der Waals surface area contributed by atoms with E-state index in [0.717, 1.165) is 31.0 Å². The van der Waals surface area contributed by atoms with Crippen LogP contribution in [0.1, 0.15) is 50.5 Å². The molecule has 2 unspecified atom stereocenters. The zero-order valence-electron chi connectivity index (χ0n) is 19.6. The van der Waals surface area contributed by atoms with E-state index in [2.05, 4.69) is 16.0 Å². The van der Waals surface area contributed by atoms with Crippen molar-refractivity contribution < 1.29 is 9.90 Å². The fourth-order valence-electron chi connectivity index (χ4n) is 6.86. The van der Waals surface area contributed by atoms with E-state index >= 15 is 0 Å². The Hall–Kier alpha value is -2.79. The number of rotatable bonds is 3. The third kappa shape index (κ3) is 3.70. The molecule has 3 aliphatic heterocycles. The minimum atomic E-state index is -0.249. The van der Waals surface area contributed by atoms with Crippen molar-refractivity contribution in [2.45, 2.75) is 57.1 Å². The molecule has 0 spiro atoms. The molecule has 2 saturated heterocycles. The van der Waals surface area contributed by atoms with E-state index in [4.69, 9.17) is 10.8 Å². The molecule has 1 aromatic rings. The first-order valence-electron chi connectivity index (χ1n) is 12.9. The number of hydrazone groups is 1. The van der Waals surface area contributed by atoms with E-state index < -0.39 is 0 Å². The Morgan fingerprint density at radius 2 is 1.82 bits per heavy atom. The monoisotopic (exact) mass is 462 g/mol. The van der Waals surface area contributed by atoms with Gasteiger partial charge in [-0.15, -0.1) is 0 Å². The van der Waals surface area contributed by atoms with E-state index in [0.29, 0.717) is 66.9 Å². The van der Waals surface area contributed by atoms with Gasteiger partial charge in [-0.3, -0.25) is 9.80 Å². The standard InChI is InChI=1S/C26H34N6O2/c27-13-17-5-6-18(11-22(17)28)32-23(16-3-1-2-4-16)12-24(29-32)31-14-20-21(15-31)25(20)26(34)30-9-7-19(33)8-10-30/h5-6,11,16,19-21,23,25,33H,1-4,7-10,12,14-15,28H2/t20-,21+,23?,25?. The maximum absolute atomic E-state index is 13.0. The van der Waals surface area contributed by atoms with Gasteiger partial charge < -0.3 is 20.6 Å². The minimum absolute atomic E-state index is 0.161. The second-order valence-electron chi connectivity index (χ2n) is 10.9. The summed E-state index contributed by atoms with van der Waals surface area (Å²) < 4.78 is 0. The average molecular weight is 463 g/mol. The van der Waals surface area contributed by atoms with Crippen LogP contribution in [0.25, 0.3) is 0 Å². The Labute approximate surface area is 201 Å². The molecule has 6 rings (SSSR count). The molecule has 1 amide bonds. The zero-order chi connectivity index (χ0) is 23.4. The fraction of sp³-hybridized carbons (Fsp3) is 0.654. The number of aliphatic hydroxyl groups is 1. The van der Waals surface area contributed by atoms with Gasteiger partial charge in [-0.1, -0.05) is 12.8 Å². The Balaban J connectivity index is 1.15. The van der Waals surface area contributed by atoms with Crippen molar-refractivity contribution in [3.05, 3.63) is 23.8 Å². The molecule has 1 aromatic carbocycles. The van der Waals surface area contributed by atoms with Gasteiger partial charge in [0, 0.05) is 38.5 Å². The molecule has 5 aliphatic rings. The molecule has 4 atom stereocenters. The normalized spacial score (nSPS) is 31.5. The van der Waals surface area contributed by atoms with Crippen molar-refractivity contribution in [1.82, 2.24) is 9.80 Å².